The Morgan fingerprint density at radius 2 is 2.06 bits per heavy atom. The molecule has 0 fully saturated rings. The van der Waals surface area contributed by atoms with E-state index in [1.54, 1.807) is 26.0 Å². The molecule has 1 rings (SSSR count). The van der Waals surface area contributed by atoms with Crippen molar-refractivity contribution in [1.29, 1.82) is 0 Å². The van der Waals surface area contributed by atoms with Gasteiger partial charge < -0.3 is 5.11 Å². The molecule has 0 radical (unpaired) electrons. The molecule has 0 spiro atoms. The van der Waals surface area contributed by atoms with Crippen molar-refractivity contribution in [2.75, 3.05) is 5.43 Å². The maximum absolute atomic E-state index is 10.4. The van der Waals surface area contributed by atoms with Gasteiger partial charge in [0.2, 0.25) is 0 Å². The van der Waals surface area contributed by atoms with Crippen LogP contribution in [0.5, 0.6) is 0 Å². The first-order chi connectivity index (χ1) is 7.50. The molecule has 0 aromatic heterocycles. The van der Waals surface area contributed by atoms with E-state index < -0.39 is 11.0 Å². The minimum absolute atomic E-state index is 0.0294. The van der Waals surface area contributed by atoms with E-state index >= 15 is 0 Å². The highest BCUT2D eigenvalue weighted by Gasteiger charge is 2.03. The van der Waals surface area contributed by atoms with Gasteiger partial charge in [0.25, 0.3) is 5.69 Å². The van der Waals surface area contributed by atoms with Crippen LogP contribution in [0.25, 0.3) is 0 Å². The number of benzene rings is 1. The van der Waals surface area contributed by atoms with E-state index in [0.717, 1.165) is 0 Å². The van der Waals surface area contributed by atoms with E-state index in [1.807, 2.05) is 0 Å². The van der Waals surface area contributed by atoms with Crippen molar-refractivity contribution in [3.05, 3.63) is 34.4 Å². The first-order valence-electron chi connectivity index (χ1n) is 4.73. The molecule has 0 aliphatic heterocycles. The normalized spacial score (nSPS) is 13.3. The molecule has 0 saturated heterocycles. The number of nitro benzene ring substituents is 1. The predicted octanol–water partition coefficient (Wildman–Crippen LogP) is 1.76. The van der Waals surface area contributed by atoms with E-state index in [2.05, 4.69) is 10.5 Å². The summed E-state index contributed by atoms with van der Waals surface area (Å²) in [6, 6.07) is 5.87. The van der Waals surface area contributed by atoms with Crippen molar-refractivity contribution in [1.82, 2.24) is 0 Å². The fraction of sp³-hybridized carbons (Fsp3) is 0.300. The molecule has 86 valence electrons. The quantitative estimate of drug-likeness (QED) is 0.462. The molecule has 1 atom stereocenters. The molecular weight excluding hydrogens is 210 g/mol. The molecule has 16 heavy (non-hydrogen) atoms. The number of nitrogens with zero attached hydrogens (tertiary/aromatic N) is 2. The lowest BCUT2D eigenvalue weighted by atomic mass is 10.3. The van der Waals surface area contributed by atoms with Gasteiger partial charge in [-0.15, -0.1) is 0 Å². The van der Waals surface area contributed by atoms with E-state index in [0.29, 0.717) is 11.4 Å². The molecule has 1 aromatic carbocycles. The molecule has 1 aromatic rings. The summed E-state index contributed by atoms with van der Waals surface area (Å²) in [5.41, 5.74) is 3.90. The van der Waals surface area contributed by atoms with Crippen LogP contribution in [0.4, 0.5) is 11.4 Å². The fourth-order valence-electron chi connectivity index (χ4n) is 0.904. The summed E-state index contributed by atoms with van der Waals surface area (Å²) >= 11 is 0. The summed E-state index contributed by atoms with van der Waals surface area (Å²) in [4.78, 5) is 9.93. The maximum Gasteiger partial charge on any atom is 0.269 e. The Labute approximate surface area is 92.8 Å². The first kappa shape index (κ1) is 12.1. The lowest BCUT2D eigenvalue weighted by molar-refractivity contribution is -0.384. The standard InChI is InChI=1S/C10H13N3O3/c1-7(8(2)14)11-12-9-3-5-10(6-4-9)13(15)16/h3-6,8,12,14H,1-2H3. The molecular formula is C10H13N3O3. The van der Waals surface area contributed by atoms with E-state index in [9.17, 15) is 10.1 Å². The minimum Gasteiger partial charge on any atom is -0.387 e. The van der Waals surface area contributed by atoms with Crippen LogP contribution in [0.15, 0.2) is 29.4 Å². The highest BCUT2D eigenvalue weighted by Crippen LogP contribution is 2.15. The van der Waals surface area contributed by atoms with Gasteiger partial charge in [0.05, 0.1) is 22.4 Å². The average Bonchev–Trinajstić information content (AvgIpc) is 2.26. The number of aliphatic hydroxyl groups excluding tert-OH is 1. The summed E-state index contributed by atoms with van der Waals surface area (Å²) in [6.07, 6.45) is -0.620. The van der Waals surface area contributed by atoms with E-state index in [-0.39, 0.29) is 5.69 Å². The highest BCUT2D eigenvalue weighted by molar-refractivity contribution is 5.86. The topological polar surface area (TPSA) is 87.8 Å². The number of hydrogen-bond donors (Lipinski definition) is 2. The van der Waals surface area contributed by atoms with E-state index in [4.69, 9.17) is 5.11 Å². The Morgan fingerprint density at radius 1 is 1.50 bits per heavy atom. The number of nitro groups is 1. The van der Waals surface area contributed by atoms with Gasteiger partial charge in [0.1, 0.15) is 0 Å². The summed E-state index contributed by atoms with van der Waals surface area (Å²) in [6.45, 7) is 3.29. The summed E-state index contributed by atoms with van der Waals surface area (Å²) in [5.74, 6) is 0. The molecule has 0 bridgehead atoms. The third kappa shape index (κ3) is 3.32. The van der Waals surface area contributed by atoms with Crippen molar-refractivity contribution >= 4 is 17.1 Å². The van der Waals surface area contributed by atoms with Crippen molar-refractivity contribution < 1.29 is 10.0 Å². The molecule has 0 saturated carbocycles. The third-order valence-electron chi connectivity index (χ3n) is 2.04. The number of hydrazone groups is 1. The average molecular weight is 223 g/mol. The molecule has 6 nitrogen and oxygen atoms in total. The van der Waals surface area contributed by atoms with Gasteiger partial charge in [-0.25, -0.2) is 0 Å². The Hall–Kier alpha value is -1.95. The molecule has 6 heteroatoms. The molecule has 2 N–H and O–H groups in total. The Bertz CT molecular complexity index is 398. The maximum atomic E-state index is 10.4. The number of hydrogen-bond acceptors (Lipinski definition) is 5. The van der Waals surface area contributed by atoms with Crippen LogP contribution in [0, 0.1) is 10.1 Å². The van der Waals surface area contributed by atoms with Gasteiger partial charge in [-0.3, -0.25) is 15.5 Å². The number of aliphatic hydroxyl groups is 1. The zero-order valence-corrected chi connectivity index (χ0v) is 9.04. The van der Waals surface area contributed by atoms with Crippen molar-refractivity contribution in [3.8, 4) is 0 Å². The zero-order valence-electron chi connectivity index (χ0n) is 9.04. The summed E-state index contributed by atoms with van der Waals surface area (Å²) < 4.78 is 0. The van der Waals surface area contributed by atoms with Gasteiger partial charge in [-0.05, 0) is 26.0 Å². The Kier molecular flexibility index (Phi) is 3.96. The summed E-state index contributed by atoms with van der Waals surface area (Å²) in [5, 5.41) is 23.5. The molecule has 0 amide bonds. The van der Waals surface area contributed by atoms with Crippen molar-refractivity contribution in [3.63, 3.8) is 0 Å². The second-order valence-corrected chi connectivity index (χ2v) is 3.34. The molecule has 0 heterocycles. The SMILES string of the molecule is CC(=NNc1ccc([N+](=O)[O-])cc1)C(C)O. The Balaban J connectivity index is 2.69. The highest BCUT2D eigenvalue weighted by atomic mass is 16.6. The number of nitrogens with one attached hydrogen (secondary N) is 1. The van der Waals surface area contributed by atoms with Crippen LogP contribution in [-0.2, 0) is 0 Å². The largest absolute Gasteiger partial charge is 0.387 e. The van der Waals surface area contributed by atoms with Crippen molar-refractivity contribution in [2.24, 2.45) is 5.10 Å². The fourth-order valence-corrected chi connectivity index (χ4v) is 0.904. The zero-order chi connectivity index (χ0) is 12.1. The van der Waals surface area contributed by atoms with Crippen molar-refractivity contribution in [2.45, 2.75) is 20.0 Å². The number of non-ortho nitro benzene ring substituents is 1. The van der Waals surface area contributed by atoms with Gasteiger partial charge in [-0.1, -0.05) is 0 Å². The van der Waals surface area contributed by atoms with Crippen LogP contribution < -0.4 is 5.43 Å². The second kappa shape index (κ2) is 5.22. The molecule has 1 unspecified atom stereocenters. The first-order valence-corrected chi connectivity index (χ1v) is 4.73. The van der Waals surface area contributed by atoms with Crippen LogP contribution in [0.2, 0.25) is 0 Å². The summed E-state index contributed by atoms with van der Waals surface area (Å²) in [7, 11) is 0. The molecule has 0 aliphatic carbocycles. The third-order valence-corrected chi connectivity index (χ3v) is 2.04. The minimum atomic E-state index is -0.620. The van der Waals surface area contributed by atoms with Crippen LogP contribution in [0.1, 0.15) is 13.8 Å². The Morgan fingerprint density at radius 3 is 2.50 bits per heavy atom. The smallest absolute Gasteiger partial charge is 0.269 e. The monoisotopic (exact) mass is 223 g/mol. The van der Waals surface area contributed by atoms with E-state index in [1.165, 1.54) is 12.1 Å². The predicted molar refractivity (Wildman–Crippen MR) is 61.5 cm³/mol. The second-order valence-electron chi connectivity index (χ2n) is 3.34. The van der Waals surface area contributed by atoms with Crippen LogP contribution >= 0.6 is 0 Å². The van der Waals surface area contributed by atoms with Crippen LogP contribution in [0.3, 0.4) is 0 Å². The number of anilines is 1. The van der Waals surface area contributed by atoms with Gasteiger partial charge in [-0.2, -0.15) is 5.10 Å². The van der Waals surface area contributed by atoms with Gasteiger partial charge >= 0.3 is 0 Å². The lowest BCUT2D eigenvalue weighted by Crippen LogP contribution is -2.13. The number of rotatable bonds is 4. The molecule has 0 aliphatic rings. The van der Waals surface area contributed by atoms with Crippen LogP contribution in [-0.4, -0.2) is 21.8 Å². The van der Waals surface area contributed by atoms with Gasteiger partial charge in [0, 0.05) is 12.1 Å². The van der Waals surface area contributed by atoms with Gasteiger partial charge in [0.15, 0.2) is 0 Å². The lowest BCUT2D eigenvalue weighted by Gasteiger charge is -2.04.